The first-order valence-electron chi connectivity index (χ1n) is 9.88. The number of carbonyl (C=O) groups excluding carboxylic acids is 2. The summed E-state index contributed by atoms with van der Waals surface area (Å²) in [6.07, 6.45) is 0. The molecular weight excluding hydrogens is 398 g/mol. The number of benzene rings is 2. The van der Waals surface area contributed by atoms with E-state index in [1.54, 1.807) is 0 Å². The number of esters is 1. The average molecular weight is 421 g/mol. The number of aromatic nitrogens is 1. The largest absolute Gasteiger partial charge is 0.466 e. The molecule has 0 unspecified atom stereocenters. The van der Waals surface area contributed by atoms with Crippen molar-refractivity contribution >= 4 is 28.7 Å². The minimum Gasteiger partial charge on any atom is -0.466 e. The van der Waals surface area contributed by atoms with Gasteiger partial charge >= 0.3 is 5.97 Å². The molecular formula is C23H23N3O5. The van der Waals surface area contributed by atoms with Crippen molar-refractivity contribution in [2.45, 2.75) is 13.8 Å². The van der Waals surface area contributed by atoms with Crippen molar-refractivity contribution in [1.29, 1.82) is 0 Å². The van der Waals surface area contributed by atoms with Gasteiger partial charge in [0.15, 0.2) is 5.58 Å². The monoisotopic (exact) mass is 421 g/mol. The Morgan fingerprint density at radius 2 is 2.10 bits per heavy atom. The molecule has 0 atom stereocenters. The lowest BCUT2D eigenvalue weighted by Crippen LogP contribution is -2.31. The summed E-state index contributed by atoms with van der Waals surface area (Å²) in [6.45, 7) is 3.90. The van der Waals surface area contributed by atoms with E-state index in [-0.39, 0.29) is 36.9 Å². The molecule has 0 saturated carbocycles. The topological polar surface area (TPSA) is 105 Å². The third kappa shape index (κ3) is 3.77. The molecule has 31 heavy (non-hydrogen) atoms. The first kappa shape index (κ1) is 20.6. The summed E-state index contributed by atoms with van der Waals surface area (Å²) >= 11 is 0. The van der Waals surface area contributed by atoms with Crippen molar-refractivity contribution in [3.63, 3.8) is 0 Å². The summed E-state index contributed by atoms with van der Waals surface area (Å²) in [5, 5.41) is 12.3. The van der Waals surface area contributed by atoms with Crippen molar-refractivity contribution in [3.05, 3.63) is 58.8 Å². The molecule has 4 rings (SSSR count). The first-order valence-corrected chi connectivity index (χ1v) is 9.88. The molecule has 2 N–H and O–H groups in total. The summed E-state index contributed by atoms with van der Waals surface area (Å²) in [5.74, 6) is -0.473. The number of aliphatic hydroxyl groups excluding tert-OH is 1. The van der Waals surface area contributed by atoms with E-state index in [0.29, 0.717) is 17.2 Å². The molecule has 3 aromatic rings. The maximum atomic E-state index is 12.8. The van der Waals surface area contributed by atoms with Crippen LogP contribution in [0.3, 0.4) is 0 Å². The number of carbonyl (C=O) groups is 2. The summed E-state index contributed by atoms with van der Waals surface area (Å²) in [6, 6.07) is 11.3. The molecule has 0 spiro atoms. The summed E-state index contributed by atoms with van der Waals surface area (Å²) in [5.41, 5.74) is 5.17. The van der Waals surface area contributed by atoms with E-state index >= 15 is 0 Å². The zero-order chi connectivity index (χ0) is 22.1. The lowest BCUT2D eigenvalue weighted by atomic mass is 10.1. The number of hydrogen-bond acceptors (Lipinski definition) is 7. The number of hydrogen-bond donors (Lipinski definition) is 2. The van der Waals surface area contributed by atoms with Crippen LogP contribution in [0.2, 0.25) is 0 Å². The number of anilines is 1. The molecule has 1 aliphatic rings. The van der Waals surface area contributed by atoms with E-state index in [1.165, 1.54) is 12.0 Å². The highest BCUT2D eigenvalue weighted by Crippen LogP contribution is 2.32. The second kappa shape index (κ2) is 8.23. The molecule has 8 nitrogen and oxygen atoms in total. The predicted octanol–water partition coefficient (Wildman–Crippen LogP) is 2.79. The Hall–Kier alpha value is -3.65. The standard InChI is InChI=1S/C23H23N3O5/c1-13-7-8-19-18(11-13)25-21(31-19)15-5-4-6-17(14(15)2)24-20-16(23(29)30-3)12-26(9-10-27)22(20)28/h4-8,11,24,27H,9-10,12H2,1-3H3. The number of nitrogens with one attached hydrogen (secondary N) is 1. The first-order chi connectivity index (χ1) is 14.9. The van der Waals surface area contributed by atoms with Gasteiger partial charge in [-0.05, 0) is 49.2 Å². The van der Waals surface area contributed by atoms with Gasteiger partial charge in [0.1, 0.15) is 11.2 Å². The molecule has 0 fully saturated rings. The van der Waals surface area contributed by atoms with Crippen LogP contribution in [0.25, 0.3) is 22.6 Å². The Bertz CT molecular complexity index is 1210. The molecule has 0 aliphatic carbocycles. The van der Waals surface area contributed by atoms with Gasteiger partial charge in [-0.3, -0.25) is 4.79 Å². The molecule has 1 amide bonds. The SMILES string of the molecule is COC(=O)C1=C(Nc2cccc(-c3nc4cc(C)ccc4o3)c2C)C(=O)N(CCO)C1. The Balaban J connectivity index is 1.72. The van der Waals surface area contributed by atoms with Crippen LogP contribution < -0.4 is 5.32 Å². The number of aliphatic hydroxyl groups is 1. The second-order valence-corrected chi connectivity index (χ2v) is 7.39. The number of fused-ring (bicyclic) bond motifs is 1. The van der Waals surface area contributed by atoms with Crippen LogP contribution in [0.1, 0.15) is 11.1 Å². The quantitative estimate of drug-likeness (QED) is 0.590. The van der Waals surface area contributed by atoms with Gasteiger partial charge in [0.2, 0.25) is 5.89 Å². The molecule has 0 radical (unpaired) electrons. The third-order valence-corrected chi connectivity index (χ3v) is 5.32. The van der Waals surface area contributed by atoms with E-state index in [2.05, 4.69) is 10.3 Å². The van der Waals surface area contributed by atoms with Gasteiger partial charge in [-0.15, -0.1) is 0 Å². The molecule has 2 aromatic carbocycles. The Kier molecular flexibility index (Phi) is 5.48. The highest BCUT2D eigenvalue weighted by Gasteiger charge is 2.34. The molecule has 8 heteroatoms. The van der Waals surface area contributed by atoms with Crippen LogP contribution in [0.15, 0.2) is 52.1 Å². The lowest BCUT2D eigenvalue weighted by molar-refractivity contribution is -0.136. The summed E-state index contributed by atoms with van der Waals surface area (Å²) < 4.78 is 10.8. The molecule has 0 saturated heterocycles. The molecule has 2 heterocycles. The van der Waals surface area contributed by atoms with Gasteiger partial charge in [0.05, 0.1) is 25.8 Å². The van der Waals surface area contributed by atoms with Crippen molar-refractivity contribution in [3.8, 4) is 11.5 Å². The van der Waals surface area contributed by atoms with E-state index in [0.717, 1.165) is 22.2 Å². The number of rotatable bonds is 6. The number of methoxy groups -OCH3 is 1. The van der Waals surface area contributed by atoms with E-state index in [4.69, 9.17) is 9.15 Å². The van der Waals surface area contributed by atoms with Crippen LogP contribution >= 0.6 is 0 Å². The zero-order valence-electron chi connectivity index (χ0n) is 17.6. The van der Waals surface area contributed by atoms with E-state index in [1.807, 2.05) is 50.2 Å². The number of aryl methyl sites for hydroxylation is 1. The van der Waals surface area contributed by atoms with Gasteiger partial charge in [-0.25, -0.2) is 9.78 Å². The fourth-order valence-corrected chi connectivity index (χ4v) is 3.64. The minimum atomic E-state index is -0.584. The van der Waals surface area contributed by atoms with Gasteiger partial charge in [0, 0.05) is 17.8 Å². The maximum absolute atomic E-state index is 12.8. The number of oxazole rings is 1. The lowest BCUT2D eigenvalue weighted by Gasteiger charge is -2.16. The van der Waals surface area contributed by atoms with Crippen molar-refractivity contribution in [2.24, 2.45) is 0 Å². The van der Waals surface area contributed by atoms with Crippen LogP contribution in [-0.4, -0.2) is 53.7 Å². The summed E-state index contributed by atoms with van der Waals surface area (Å²) in [7, 11) is 1.27. The summed E-state index contributed by atoms with van der Waals surface area (Å²) in [4.78, 5) is 31.0. The van der Waals surface area contributed by atoms with E-state index < -0.39 is 5.97 Å². The number of nitrogens with zero attached hydrogens (tertiary/aromatic N) is 2. The molecule has 1 aliphatic heterocycles. The van der Waals surface area contributed by atoms with Crippen LogP contribution in [-0.2, 0) is 14.3 Å². The molecule has 0 bridgehead atoms. The number of β-amino-alcohol motifs (C(OH)–C–C–N with tert-alkyl or cyclic N) is 1. The average Bonchev–Trinajstić information content (AvgIpc) is 3.30. The van der Waals surface area contributed by atoms with Crippen LogP contribution in [0.5, 0.6) is 0 Å². The van der Waals surface area contributed by atoms with Gasteiger partial charge in [-0.1, -0.05) is 12.1 Å². The van der Waals surface area contributed by atoms with Crippen molar-refractivity contribution < 1.29 is 23.8 Å². The maximum Gasteiger partial charge on any atom is 0.337 e. The smallest absolute Gasteiger partial charge is 0.337 e. The Labute approximate surface area is 179 Å². The zero-order valence-corrected chi connectivity index (χ0v) is 17.6. The Morgan fingerprint density at radius 1 is 1.29 bits per heavy atom. The normalized spacial score (nSPS) is 13.9. The minimum absolute atomic E-state index is 0.0810. The predicted molar refractivity (Wildman–Crippen MR) is 115 cm³/mol. The Morgan fingerprint density at radius 3 is 2.84 bits per heavy atom. The van der Waals surface area contributed by atoms with E-state index in [9.17, 15) is 14.7 Å². The van der Waals surface area contributed by atoms with Gasteiger partial charge in [-0.2, -0.15) is 0 Å². The fraction of sp³-hybridized carbons (Fsp3) is 0.261. The van der Waals surface area contributed by atoms with Crippen molar-refractivity contribution in [1.82, 2.24) is 9.88 Å². The van der Waals surface area contributed by atoms with Gasteiger partial charge in [0.25, 0.3) is 5.91 Å². The molecule has 160 valence electrons. The van der Waals surface area contributed by atoms with Gasteiger partial charge < -0.3 is 24.5 Å². The third-order valence-electron chi connectivity index (χ3n) is 5.32. The number of ether oxygens (including phenoxy) is 1. The highest BCUT2D eigenvalue weighted by molar-refractivity contribution is 6.08. The fourth-order valence-electron chi connectivity index (χ4n) is 3.64. The number of amides is 1. The van der Waals surface area contributed by atoms with Crippen molar-refractivity contribution in [2.75, 3.05) is 32.1 Å². The highest BCUT2D eigenvalue weighted by atomic mass is 16.5. The second-order valence-electron chi connectivity index (χ2n) is 7.39. The van der Waals surface area contributed by atoms with Crippen LogP contribution in [0.4, 0.5) is 5.69 Å². The molecule has 1 aromatic heterocycles. The van der Waals surface area contributed by atoms with Crippen LogP contribution in [0, 0.1) is 13.8 Å².